The monoisotopic (exact) mass is 459 g/mol. The second-order valence-electron chi connectivity index (χ2n) is 7.37. The Bertz CT molecular complexity index is 854. The van der Waals surface area contributed by atoms with Crippen LogP contribution in [0.5, 0.6) is 5.75 Å². The number of benzene rings is 1. The van der Waals surface area contributed by atoms with Gasteiger partial charge in [-0.2, -0.15) is 21.6 Å². The van der Waals surface area contributed by atoms with E-state index < -0.39 is 39.2 Å². The van der Waals surface area contributed by atoms with Crippen LogP contribution < -0.4 is 4.18 Å². The van der Waals surface area contributed by atoms with E-state index in [9.17, 15) is 26.4 Å². The fourth-order valence-electron chi connectivity index (χ4n) is 2.50. The third-order valence-corrected chi connectivity index (χ3v) is 4.99. The largest absolute Gasteiger partial charge is 0.534 e. The normalized spacial score (nSPS) is 18.4. The van der Waals surface area contributed by atoms with Gasteiger partial charge in [0.25, 0.3) is 0 Å². The van der Waals surface area contributed by atoms with Crippen LogP contribution >= 0.6 is 11.6 Å². The summed E-state index contributed by atoms with van der Waals surface area (Å²) in [6.45, 7) is 6.19. The zero-order valence-corrected chi connectivity index (χ0v) is 17.5. The molecule has 0 unspecified atom stereocenters. The molecule has 1 aromatic carbocycles. The average Bonchev–Trinajstić information content (AvgIpc) is 2.55. The Morgan fingerprint density at radius 1 is 1.31 bits per heavy atom. The standard InChI is InChI=1S/C17H21ClF3NO6S/c1-16(2,3)27-15(23)22-6-7-26-12(10-22)8-11-4-5-14(13(18)9-11)28-29(24,25)17(19,20)21/h4-5,9,12H,6-8,10H2,1-3H3/t12-/m1/s1. The highest BCUT2D eigenvalue weighted by Gasteiger charge is 2.48. The maximum absolute atomic E-state index is 12.4. The van der Waals surface area contributed by atoms with E-state index in [0.29, 0.717) is 25.1 Å². The van der Waals surface area contributed by atoms with E-state index >= 15 is 0 Å². The van der Waals surface area contributed by atoms with E-state index in [-0.39, 0.29) is 11.6 Å². The van der Waals surface area contributed by atoms with Crippen molar-refractivity contribution in [1.82, 2.24) is 4.90 Å². The molecule has 1 fully saturated rings. The molecule has 1 aliphatic heterocycles. The lowest BCUT2D eigenvalue weighted by molar-refractivity contribution is -0.0500. The number of morpholine rings is 1. The summed E-state index contributed by atoms with van der Waals surface area (Å²) in [6, 6.07) is 3.71. The summed E-state index contributed by atoms with van der Waals surface area (Å²) in [4.78, 5) is 13.7. The SMILES string of the molecule is CC(C)(C)OC(=O)N1CCO[C@H](Cc2ccc(OS(=O)(=O)C(F)(F)F)c(Cl)c2)C1. The number of nitrogens with zero attached hydrogens (tertiary/aromatic N) is 1. The van der Waals surface area contributed by atoms with Gasteiger partial charge in [-0.05, 0) is 38.5 Å². The van der Waals surface area contributed by atoms with Crippen molar-refractivity contribution in [2.45, 2.75) is 44.4 Å². The molecule has 0 N–H and O–H groups in total. The van der Waals surface area contributed by atoms with Gasteiger partial charge in [0.05, 0.1) is 24.3 Å². The summed E-state index contributed by atoms with van der Waals surface area (Å²) in [6.07, 6.45) is -0.561. The van der Waals surface area contributed by atoms with Crippen molar-refractivity contribution in [3.8, 4) is 5.75 Å². The van der Waals surface area contributed by atoms with Crippen LogP contribution in [0, 0.1) is 0 Å². The van der Waals surface area contributed by atoms with Crippen LogP contribution in [0.25, 0.3) is 0 Å². The first-order valence-electron chi connectivity index (χ1n) is 8.57. The molecular formula is C17H21ClF3NO6S. The molecule has 0 radical (unpaired) electrons. The molecule has 12 heteroatoms. The van der Waals surface area contributed by atoms with Gasteiger partial charge in [-0.25, -0.2) is 4.79 Å². The lowest BCUT2D eigenvalue weighted by Crippen LogP contribution is -2.48. The first-order chi connectivity index (χ1) is 13.2. The Balaban J connectivity index is 2.03. The van der Waals surface area contributed by atoms with Crippen molar-refractivity contribution in [1.29, 1.82) is 0 Å². The molecule has 164 valence electrons. The van der Waals surface area contributed by atoms with Crippen molar-refractivity contribution in [3.63, 3.8) is 0 Å². The summed E-state index contributed by atoms with van der Waals surface area (Å²) >= 11 is 5.87. The third kappa shape index (κ3) is 6.65. The number of hydrogen-bond acceptors (Lipinski definition) is 6. The molecule has 29 heavy (non-hydrogen) atoms. The molecule has 0 spiro atoms. The van der Waals surface area contributed by atoms with E-state index in [2.05, 4.69) is 4.18 Å². The van der Waals surface area contributed by atoms with E-state index in [1.54, 1.807) is 20.8 Å². The van der Waals surface area contributed by atoms with Crippen molar-refractivity contribution < 1.29 is 40.0 Å². The molecular weight excluding hydrogens is 439 g/mol. The molecule has 1 atom stereocenters. The minimum Gasteiger partial charge on any atom is -0.444 e. The van der Waals surface area contributed by atoms with Crippen molar-refractivity contribution >= 4 is 27.8 Å². The average molecular weight is 460 g/mol. The molecule has 1 aliphatic rings. The van der Waals surface area contributed by atoms with E-state index in [1.165, 1.54) is 17.0 Å². The molecule has 1 aromatic rings. The fourth-order valence-corrected chi connectivity index (χ4v) is 3.27. The quantitative estimate of drug-likeness (QED) is 0.504. The predicted molar refractivity (Wildman–Crippen MR) is 98.3 cm³/mol. The highest BCUT2D eigenvalue weighted by molar-refractivity contribution is 7.88. The molecule has 0 saturated carbocycles. The smallest absolute Gasteiger partial charge is 0.444 e. The molecule has 0 bridgehead atoms. The number of rotatable bonds is 4. The van der Waals surface area contributed by atoms with Crippen LogP contribution in [0.4, 0.5) is 18.0 Å². The summed E-state index contributed by atoms with van der Waals surface area (Å²) in [5.74, 6) is -0.632. The zero-order chi connectivity index (χ0) is 22.0. The lowest BCUT2D eigenvalue weighted by Gasteiger charge is -2.34. The van der Waals surface area contributed by atoms with Gasteiger partial charge in [0, 0.05) is 13.0 Å². The summed E-state index contributed by atoms with van der Waals surface area (Å²) in [5.41, 5.74) is -5.62. The number of alkyl halides is 3. The molecule has 7 nitrogen and oxygen atoms in total. The lowest BCUT2D eigenvalue weighted by atomic mass is 10.1. The highest BCUT2D eigenvalue weighted by Crippen LogP contribution is 2.32. The molecule has 0 aromatic heterocycles. The second kappa shape index (κ2) is 8.57. The Labute approximate surface area is 171 Å². The van der Waals surface area contributed by atoms with Crippen molar-refractivity contribution in [3.05, 3.63) is 28.8 Å². The Morgan fingerprint density at radius 2 is 1.97 bits per heavy atom. The highest BCUT2D eigenvalue weighted by atomic mass is 35.5. The molecule has 1 saturated heterocycles. The maximum atomic E-state index is 12.4. The summed E-state index contributed by atoms with van der Waals surface area (Å²) < 4.78 is 74.5. The van der Waals surface area contributed by atoms with E-state index in [4.69, 9.17) is 21.1 Å². The maximum Gasteiger partial charge on any atom is 0.534 e. The number of hydrogen-bond donors (Lipinski definition) is 0. The predicted octanol–water partition coefficient (Wildman–Crippen LogP) is 3.75. The third-order valence-electron chi connectivity index (χ3n) is 3.73. The summed E-state index contributed by atoms with van der Waals surface area (Å²) in [7, 11) is -5.81. The number of halogens is 4. The van der Waals surface area contributed by atoms with Gasteiger partial charge in [0.1, 0.15) is 5.60 Å². The molecule has 2 rings (SSSR count). The minimum absolute atomic E-state index is 0.257. The first-order valence-corrected chi connectivity index (χ1v) is 10.4. The molecule has 1 amide bonds. The minimum atomic E-state index is -5.81. The Hall–Kier alpha value is -1.72. The van der Waals surface area contributed by atoms with E-state index in [1.807, 2.05) is 0 Å². The molecule has 0 aliphatic carbocycles. The number of ether oxygens (including phenoxy) is 2. The van der Waals surface area contributed by atoms with Crippen molar-refractivity contribution in [2.75, 3.05) is 19.7 Å². The van der Waals surface area contributed by atoms with Gasteiger partial charge in [-0.1, -0.05) is 17.7 Å². The van der Waals surface area contributed by atoms with Crippen LogP contribution in [0.1, 0.15) is 26.3 Å². The van der Waals surface area contributed by atoms with Gasteiger partial charge in [-0.15, -0.1) is 0 Å². The Kier molecular flexibility index (Phi) is 6.96. The van der Waals surface area contributed by atoms with Gasteiger partial charge >= 0.3 is 21.7 Å². The van der Waals surface area contributed by atoms with Crippen LogP contribution in [0.3, 0.4) is 0 Å². The van der Waals surface area contributed by atoms with Gasteiger partial charge in [0.2, 0.25) is 0 Å². The molecule has 1 heterocycles. The first kappa shape index (κ1) is 23.6. The van der Waals surface area contributed by atoms with Gasteiger partial charge in [0.15, 0.2) is 5.75 Å². The number of amides is 1. The number of carbonyl (C=O) groups excluding carboxylic acids is 1. The number of carbonyl (C=O) groups is 1. The van der Waals surface area contributed by atoms with Gasteiger partial charge < -0.3 is 18.6 Å². The van der Waals surface area contributed by atoms with Gasteiger partial charge in [-0.3, -0.25) is 0 Å². The summed E-state index contributed by atoms with van der Waals surface area (Å²) in [5, 5.41) is -0.296. The van der Waals surface area contributed by atoms with Crippen LogP contribution in [0.2, 0.25) is 5.02 Å². The Morgan fingerprint density at radius 3 is 2.52 bits per heavy atom. The van der Waals surface area contributed by atoms with Crippen molar-refractivity contribution in [2.24, 2.45) is 0 Å². The van der Waals surface area contributed by atoms with Crippen LogP contribution in [-0.4, -0.2) is 56.3 Å². The second-order valence-corrected chi connectivity index (χ2v) is 9.32. The fraction of sp³-hybridized carbons (Fsp3) is 0.588. The topological polar surface area (TPSA) is 82.1 Å². The zero-order valence-electron chi connectivity index (χ0n) is 16.0. The van der Waals surface area contributed by atoms with Crippen LogP contribution in [-0.2, 0) is 26.0 Å². The van der Waals surface area contributed by atoms with Crippen LogP contribution in [0.15, 0.2) is 18.2 Å². The van der Waals surface area contributed by atoms with E-state index in [0.717, 1.165) is 6.07 Å².